The van der Waals surface area contributed by atoms with Gasteiger partial charge in [-0.1, -0.05) is 36.6 Å². The van der Waals surface area contributed by atoms with Crippen molar-refractivity contribution >= 4 is 23.9 Å². The maximum absolute atomic E-state index is 13.2. The van der Waals surface area contributed by atoms with Crippen molar-refractivity contribution in [2.45, 2.75) is 31.6 Å². The highest BCUT2D eigenvalue weighted by atomic mass is 35.5. The average molecular weight is 335 g/mol. The van der Waals surface area contributed by atoms with Crippen LogP contribution < -0.4 is 0 Å². The molecule has 1 aromatic carbocycles. The van der Waals surface area contributed by atoms with Crippen LogP contribution >= 0.6 is 11.6 Å². The lowest BCUT2D eigenvalue weighted by molar-refractivity contribution is -0.137. The van der Waals surface area contributed by atoms with Crippen molar-refractivity contribution in [2.75, 3.05) is 26.2 Å². The lowest BCUT2D eigenvalue weighted by Gasteiger charge is -2.36. The van der Waals surface area contributed by atoms with Crippen molar-refractivity contribution < 1.29 is 9.59 Å². The van der Waals surface area contributed by atoms with E-state index in [2.05, 4.69) is 0 Å². The summed E-state index contributed by atoms with van der Waals surface area (Å²) in [6.07, 6.45) is 5.53. The Labute approximate surface area is 142 Å². The molecule has 4 nitrogen and oxygen atoms in total. The molecule has 1 aliphatic carbocycles. The zero-order chi connectivity index (χ0) is 16.2. The fourth-order valence-electron chi connectivity index (χ4n) is 3.82. The van der Waals surface area contributed by atoms with Crippen molar-refractivity contribution in [1.29, 1.82) is 0 Å². The fourth-order valence-corrected chi connectivity index (χ4v) is 3.95. The second kappa shape index (κ2) is 7.35. The Bertz CT molecular complexity index is 547. The molecule has 1 saturated carbocycles. The van der Waals surface area contributed by atoms with Crippen molar-refractivity contribution in [2.24, 2.45) is 5.92 Å². The predicted octanol–water partition coefficient (Wildman–Crippen LogP) is 2.91. The van der Waals surface area contributed by atoms with Crippen molar-refractivity contribution in [1.82, 2.24) is 9.80 Å². The molecule has 23 heavy (non-hydrogen) atoms. The molecule has 0 N–H and O–H groups in total. The van der Waals surface area contributed by atoms with Crippen LogP contribution in [0.3, 0.4) is 0 Å². The van der Waals surface area contributed by atoms with Crippen LogP contribution in [-0.4, -0.2) is 48.3 Å². The lowest BCUT2D eigenvalue weighted by atomic mass is 9.83. The van der Waals surface area contributed by atoms with Gasteiger partial charge < -0.3 is 9.80 Å². The number of nitrogens with zero attached hydrogens (tertiary/aromatic N) is 2. The van der Waals surface area contributed by atoms with Gasteiger partial charge in [-0.2, -0.15) is 0 Å². The second-order valence-electron chi connectivity index (χ2n) is 6.54. The van der Waals surface area contributed by atoms with Crippen LogP contribution in [0.15, 0.2) is 24.3 Å². The Morgan fingerprint density at radius 1 is 1.09 bits per heavy atom. The van der Waals surface area contributed by atoms with Gasteiger partial charge in [-0.3, -0.25) is 9.59 Å². The minimum Gasteiger partial charge on any atom is -0.342 e. The van der Waals surface area contributed by atoms with E-state index in [1.54, 1.807) is 4.90 Å². The number of amides is 2. The Hall–Kier alpha value is -1.55. The zero-order valence-corrected chi connectivity index (χ0v) is 14.0. The quantitative estimate of drug-likeness (QED) is 0.794. The molecule has 124 valence electrons. The molecule has 1 aromatic rings. The standard InChI is InChI=1S/C18H23ClN2O2/c19-16-7-5-15(6-8-16)17(14-3-1-2-4-14)18(23)21-11-9-20(13-22)10-12-21/h5-8,13-14,17H,1-4,9-12H2. The molecule has 1 heterocycles. The van der Waals surface area contributed by atoms with Crippen molar-refractivity contribution in [3.63, 3.8) is 0 Å². The SMILES string of the molecule is O=CN1CCN(C(=O)C(c2ccc(Cl)cc2)C2CCCC2)CC1. The van der Waals surface area contributed by atoms with Crippen LogP contribution in [-0.2, 0) is 9.59 Å². The number of carbonyl (C=O) groups is 2. The molecular formula is C18H23ClN2O2. The molecule has 2 aliphatic rings. The first-order valence-corrected chi connectivity index (χ1v) is 8.80. The molecule has 2 fully saturated rings. The maximum atomic E-state index is 13.2. The first-order chi connectivity index (χ1) is 11.2. The summed E-state index contributed by atoms with van der Waals surface area (Å²) >= 11 is 6.00. The topological polar surface area (TPSA) is 40.6 Å². The minimum atomic E-state index is -0.0717. The van der Waals surface area contributed by atoms with E-state index in [9.17, 15) is 9.59 Å². The molecule has 1 saturated heterocycles. The predicted molar refractivity (Wildman–Crippen MR) is 90.4 cm³/mol. The van der Waals surface area contributed by atoms with E-state index in [0.717, 1.165) is 24.8 Å². The van der Waals surface area contributed by atoms with Crippen LogP contribution in [0.5, 0.6) is 0 Å². The first-order valence-electron chi connectivity index (χ1n) is 8.42. The summed E-state index contributed by atoms with van der Waals surface area (Å²) in [7, 11) is 0. The molecule has 5 heteroatoms. The van der Waals surface area contributed by atoms with Gasteiger partial charge in [0.1, 0.15) is 0 Å². The molecule has 0 spiro atoms. The average Bonchev–Trinajstić information content (AvgIpc) is 3.11. The Balaban J connectivity index is 1.78. The van der Waals surface area contributed by atoms with Crippen LogP contribution in [0.1, 0.15) is 37.2 Å². The summed E-state index contributed by atoms with van der Waals surface area (Å²) in [5, 5.41) is 0.700. The summed E-state index contributed by atoms with van der Waals surface area (Å²) in [5.74, 6) is 0.565. The number of carbonyl (C=O) groups excluding carboxylic acids is 2. The number of piperazine rings is 1. The van der Waals surface area contributed by atoms with E-state index in [1.807, 2.05) is 29.2 Å². The number of benzene rings is 1. The van der Waals surface area contributed by atoms with Gasteiger partial charge in [-0.15, -0.1) is 0 Å². The van der Waals surface area contributed by atoms with E-state index < -0.39 is 0 Å². The number of hydrogen-bond acceptors (Lipinski definition) is 2. The number of hydrogen-bond donors (Lipinski definition) is 0. The van der Waals surface area contributed by atoms with Gasteiger partial charge in [0, 0.05) is 31.2 Å². The Morgan fingerprint density at radius 2 is 1.70 bits per heavy atom. The molecule has 1 atom stereocenters. The summed E-state index contributed by atoms with van der Waals surface area (Å²) in [5.41, 5.74) is 1.07. The van der Waals surface area contributed by atoms with Gasteiger partial charge in [0.15, 0.2) is 0 Å². The summed E-state index contributed by atoms with van der Waals surface area (Å²) in [6, 6.07) is 7.72. The Morgan fingerprint density at radius 3 is 2.26 bits per heavy atom. The van der Waals surface area contributed by atoms with Crippen molar-refractivity contribution in [3.05, 3.63) is 34.9 Å². The van der Waals surface area contributed by atoms with Gasteiger partial charge in [-0.05, 0) is 36.5 Å². The molecule has 1 aliphatic heterocycles. The third-order valence-electron chi connectivity index (χ3n) is 5.14. The van der Waals surface area contributed by atoms with Gasteiger partial charge in [0.05, 0.1) is 5.92 Å². The smallest absolute Gasteiger partial charge is 0.230 e. The minimum absolute atomic E-state index is 0.0717. The molecule has 0 bridgehead atoms. The zero-order valence-electron chi connectivity index (χ0n) is 13.3. The van der Waals surface area contributed by atoms with Gasteiger partial charge in [-0.25, -0.2) is 0 Å². The highest BCUT2D eigenvalue weighted by molar-refractivity contribution is 6.30. The van der Waals surface area contributed by atoms with Crippen LogP contribution in [0.2, 0.25) is 5.02 Å². The normalized spacial score (nSPS) is 20.6. The maximum Gasteiger partial charge on any atom is 0.230 e. The largest absolute Gasteiger partial charge is 0.342 e. The molecule has 2 amide bonds. The van der Waals surface area contributed by atoms with Crippen LogP contribution in [0, 0.1) is 5.92 Å². The van der Waals surface area contributed by atoms with Crippen molar-refractivity contribution in [3.8, 4) is 0 Å². The molecule has 0 radical (unpaired) electrons. The first kappa shape index (κ1) is 16.3. The molecule has 1 unspecified atom stereocenters. The van der Waals surface area contributed by atoms with E-state index in [4.69, 9.17) is 11.6 Å². The molecular weight excluding hydrogens is 312 g/mol. The summed E-state index contributed by atoms with van der Waals surface area (Å²) in [4.78, 5) is 27.7. The third-order valence-corrected chi connectivity index (χ3v) is 5.39. The molecule has 0 aromatic heterocycles. The third kappa shape index (κ3) is 3.69. The van der Waals surface area contributed by atoms with Crippen LogP contribution in [0.4, 0.5) is 0 Å². The Kier molecular flexibility index (Phi) is 5.21. The van der Waals surface area contributed by atoms with Gasteiger partial charge in [0.2, 0.25) is 12.3 Å². The van der Waals surface area contributed by atoms with E-state index in [-0.39, 0.29) is 11.8 Å². The highest BCUT2D eigenvalue weighted by Crippen LogP contribution is 2.39. The van der Waals surface area contributed by atoms with Gasteiger partial charge in [0.25, 0.3) is 0 Å². The number of rotatable bonds is 4. The monoisotopic (exact) mass is 334 g/mol. The van der Waals surface area contributed by atoms with E-state index in [1.165, 1.54) is 12.8 Å². The van der Waals surface area contributed by atoms with Gasteiger partial charge >= 0.3 is 0 Å². The number of halogens is 1. The fraction of sp³-hybridized carbons (Fsp3) is 0.556. The summed E-state index contributed by atoms with van der Waals surface area (Å²) < 4.78 is 0. The molecule has 3 rings (SSSR count). The highest BCUT2D eigenvalue weighted by Gasteiger charge is 2.35. The van der Waals surface area contributed by atoms with E-state index in [0.29, 0.717) is 37.1 Å². The van der Waals surface area contributed by atoms with E-state index >= 15 is 0 Å². The second-order valence-corrected chi connectivity index (χ2v) is 6.98. The van der Waals surface area contributed by atoms with Crippen LogP contribution in [0.25, 0.3) is 0 Å². The lowest BCUT2D eigenvalue weighted by Crippen LogP contribution is -2.50. The summed E-state index contributed by atoms with van der Waals surface area (Å²) in [6.45, 7) is 2.53.